The molecule has 0 saturated carbocycles. The molecule has 0 aliphatic rings. The van der Waals surface area contributed by atoms with Crippen LogP contribution >= 0.6 is 0 Å². The molecule has 0 heterocycles. The molecular weight excluding hydrogens is 116 g/mol. The first kappa shape index (κ1) is 8.88. The van der Waals surface area contributed by atoms with E-state index in [4.69, 9.17) is 16.6 Å². The molecule has 0 aliphatic carbocycles. The lowest BCUT2D eigenvalue weighted by Crippen LogP contribution is -2.39. The van der Waals surface area contributed by atoms with Crippen molar-refractivity contribution in [1.82, 2.24) is 0 Å². The molecule has 0 rings (SSSR count). The van der Waals surface area contributed by atoms with Crippen LogP contribution in [0.1, 0.15) is 19.8 Å². The molecule has 0 bridgehead atoms. The van der Waals surface area contributed by atoms with E-state index in [9.17, 15) is 0 Å². The van der Waals surface area contributed by atoms with Crippen molar-refractivity contribution in [3.8, 4) is 0 Å². The highest BCUT2D eigenvalue weighted by molar-refractivity contribution is 4.70. The lowest BCUT2D eigenvalue weighted by molar-refractivity contribution is 0.148. The molecule has 0 amide bonds. The molecule has 2 atom stereocenters. The summed E-state index contributed by atoms with van der Waals surface area (Å²) in [6, 6.07) is -0.139. The van der Waals surface area contributed by atoms with Crippen LogP contribution < -0.4 is 11.5 Å². The molecule has 56 valence electrons. The lowest BCUT2D eigenvalue weighted by atomic mass is 10.1. The number of rotatable bonds is 4. The molecule has 2 unspecified atom stereocenters. The van der Waals surface area contributed by atoms with Crippen LogP contribution in [-0.2, 0) is 0 Å². The Hall–Kier alpha value is -0.120. The van der Waals surface area contributed by atoms with E-state index in [-0.39, 0.29) is 12.6 Å². The Kier molecular flexibility index (Phi) is 4.67. The summed E-state index contributed by atoms with van der Waals surface area (Å²) in [5.74, 6) is 0. The van der Waals surface area contributed by atoms with Gasteiger partial charge in [0.1, 0.15) is 0 Å². The quantitative estimate of drug-likeness (QED) is 0.480. The van der Waals surface area contributed by atoms with Crippen LogP contribution in [0.2, 0.25) is 0 Å². The number of aliphatic hydroxyl groups is 1. The molecule has 0 spiro atoms. The SMILES string of the molecule is CCCC(N)C(O)CN. The van der Waals surface area contributed by atoms with Gasteiger partial charge in [-0.25, -0.2) is 0 Å². The summed E-state index contributed by atoms with van der Waals surface area (Å²) in [7, 11) is 0. The Bertz CT molecular complexity index is 68.1. The average Bonchev–Trinajstić information content (AvgIpc) is 1.87. The Labute approximate surface area is 56.0 Å². The fourth-order valence-corrected chi connectivity index (χ4v) is 0.701. The highest BCUT2D eigenvalue weighted by atomic mass is 16.3. The topological polar surface area (TPSA) is 72.3 Å². The van der Waals surface area contributed by atoms with Crippen molar-refractivity contribution < 1.29 is 5.11 Å². The molecule has 0 aliphatic heterocycles. The molecule has 9 heavy (non-hydrogen) atoms. The van der Waals surface area contributed by atoms with E-state index in [0.717, 1.165) is 12.8 Å². The fourth-order valence-electron chi connectivity index (χ4n) is 0.701. The van der Waals surface area contributed by atoms with Gasteiger partial charge in [0.15, 0.2) is 0 Å². The van der Waals surface area contributed by atoms with Crippen LogP contribution in [-0.4, -0.2) is 23.8 Å². The molecule has 3 heteroatoms. The summed E-state index contributed by atoms with van der Waals surface area (Å²) in [6.07, 6.45) is 1.32. The van der Waals surface area contributed by atoms with Crippen molar-refractivity contribution in [3.63, 3.8) is 0 Å². The van der Waals surface area contributed by atoms with Gasteiger partial charge in [0.2, 0.25) is 0 Å². The molecular formula is C6H16N2O. The Morgan fingerprint density at radius 2 is 2.11 bits per heavy atom. The van der Waals surface area contributed by atoms with Crippen molar-refractivity contribution in [2.45, 2.75) is 31.9 Å². The van der Waals surface area contributed by atoms with Crippen LogP contribution in [0.15, 0.2) is 0 Å². The van der Waals surface area contributed by atoms with Crippen LogP contribution in [0.4, 0.5) is 0 Å². The van der Waals surface area contributed by atoms with Crippen LogP contribution in [0.5, 0.6) is 0 Å². The van der Waals surface area contributed by atoms with Gasteiger partial charge in [-0.15, -0.1) is 0 Å². The van der Waals surface area contributed by atoms with Crippen molar-refractivity contribution in [3.05, 3.63) is 0 Å². The van der Waals surface area contributed by atoms with E-state index in [1.165, 1.54) is 0 Å². The summed E-state index contributed by atoms with van der Waals surface area (Å²) in [5, 5.41) is 9.01. The third-order valence-electron chi connectivity index (χ3n) is 1.36. The van der Waals surface area contributed by atoms with Gasteiger partial charge in [-0.2, -0.15) is 0 Å². The number of aliphatic hydroxyl groups excluding tert-OH is 1. The van der Waals surface area contributed by atoms with Crippen molar-refractivity contribution in [1.29, 1.82) is 0 Å². The van der Waals surface area contributed by atoms with Gasteiger partial charge in [-0.05, 0) is 6.42 Å². The van der Waals surface area contributed by atoms with Crippen LogP contribution in [0, 0.1) is 0 Å². The first-order valence-electron chi connectivity index (χ1n) is 3.36. The zero-order chi connectivity index (χ0) is 7.28. The van der Waals surface area contributed by atoms with Crippen LogP contribution in [0.3, 0.4) is 0 Å². The summed E-state index contributed by atoms with van der Waals surface area (Å²) in [5.41, 5.74) is 10.7. The third-order valence-corrected chi connectivity index (χ3v) is 1.36. The van der Waals surface area contributed by atoms with Gasteiger partial charge in [-0.3, -0.25) is 0 Å². The van der Waals surface area contributed by atoms with Crippen molar-refractivity contribution in [2.24, 2.45) is 11.5 Å². The van der Waals surface area contributed by atoms with Gasteiger partial charge < -0.3 is 16.6 Å². The second kappa shape index (κ2) is 4.73. The maximum atomic E-state index is 9.01. The molecule has 3 nitrogen and oxygen atoms in total. The molecule has 0 aromatic carbocycles. The van der Waals surface area contributed by atoms with Gasteiger partial charge in [0.05, 0.1) is 6.10 Å². The third kappa shape index (κ3) is 3.46. The summed E-state index contributed by atoms with van der Waals surface area (Å²) in [4.78, 5) is 0. The predicted octanol–water partition coefficient (Wildman–Crippen LogP) is -0.567. The molecule has 0 radical (unpaired) electrons. The second-order valence-electron chi connectivity index (χ2n) is 2.26. The standard InChI is InChI=1S/C6H16N2O/c1-2-3-5(8)6(9)4-7/h5-6,9H,2-4,7-8H2,1H3. The Morgan fingerprint density at radius 3 is 2.44 bits per heavy atom. The maximum absolute atomic E-state index is 9.01. The normalized spacial score (nSPS) is 17.3. The largest absolute Gasteiger partial charge is 0.390 e. The first-order valence-corrected chi connectivity index (χ1v) is 3.36. The van der Waals surface area contributed by atoms with E-state index in [0.29, 0.717) is 0 Å². The van der Waals surface area contributed by atoms with Crippen molar-refractivity contribution >= 4 is 0 Å². The van der Waals surface area contributed by atoms with Gasteiger partial charge >= 0.3 is 0 Å². The number of hydrogen-bond donors (Lipinski definition) is 3. The van der Waals surface area contributed by atoms with Crippen molar-refractivity contribution in [2.75, 3.05) is 6.54 Å². The monoisotopic (exact) mass is 132 g/mol. The fraction of sp³-hybridized carbons (Fsp3) is 1.00. The Morgan fingerprint density at radius 1 is 1.56 bits per heavy atom. The van der Waals surface area contributed by atoms with Crippen LogP contribution in [0.25, 0.3) is 0 Å². The second-order valence-corrected chi connectivity index (χ2v) is 2.26. The Balaban J connectivity index is 3.32. The highest BCUT2D eigenvalue weighted by Gasteiger charge is 2.10. The molecule has 0 aromatic heterocycles. The molecule has 0 fully saturated rings. The van der Waals surface area contributed by atoms with E-state index < -0.39 is 6.10 Å². The van der Waals surface area contributed by atoms with E-state index >= 15 is 0 Å². The first-order chi connectivity index (χ1) is 4.22. The lowest BCUT2D eigenvalue weighted by Gasteiger charge is -2.15. The number of hydrogen-bond acceptors (Lipinski definition) is 3. The summed E-state index contributed by atoms with van der Waals surface area (Å²) < 4.78 is 0. The van der Waals surface area contributed by atoms with Gasteiger partial charge in [-0.1, -0.05) is 13.3 Å². The van der Waals surface area contributed by atoms with E-state index in [1.807, 2.05) is 6.92 Å². The molecule has 0 aromatic rings. The minimum Gasteiger partial charge on any atom is -0.390 e. The molecule has 0 saturated heterocycles. The summed E-state index contributed by atoms with van der Waals surface area (Å²) >= 11 is 0. The van der Waals surface area contributed by atoms with Gasteiger partial charge in [0, 0.05) is 12.6 Å². The smallest absolute Gasteiger partial charge is 0.0813 e. The minimum atomic E-state index is -0.523. The maximum Gasteiger partial charge on any atom is 0.0813 e. The minimum absolute atomic E-state index is 0.139. The number of nitrogens with two attached hydrogens (primary N) is 2. The zero-order valence-corrected chi connectivity index (χ0v) is 5.88. The summed E-state index contributed by atoms with van der Waals surface area (Å²) in [6.45, 7) is 2.30. The van der Waals surface area contributed by atoms with Gasteiger partial charge in [0.25, 0.3) is 0 Å². The average molecular weight is 132 g/mol. The van der Waals surface area contributed by atoms with E-state index in [1.54, 1.807) is 0 Å². The highest BCUT2D eigenvalue weighted by Crippen LogP contribution is 1.96. The zero-order valence-electron chi connectivity index (χ0n) is 5.88. The van der Waals surface area contributed by atoms with E-state index in [2.05, 4.69) is 0 Å². The molecule has 5 N–H and O–H groups in total. The predicted molar refractivity (Wildman–Crippen MR) is 37.9 cm³/mol.